The highest BCUT2D eigenvalue weighted by Gasteiger charge is 2.14. The molecular weight excluding hydrogens is 232 g/mol. The maximum absolute atomic E-state index is 4.50. The van der Waals surface area contributed by atoms with E-state index in [1.807, 2.05) is 36.5 Å². The van der Waals surface area contributed by atoms with Crippen molar-refractivity contribution in [3.63, 3.8) is 0 Å². The van der Waals surface area contributed by atoms with Crippen LogP contribution < -0.4 is 0 Å². The Bertz CT molecular complexity index is 533. The smallest absolute Gasteiger partial charge is 0.0629 e. The van der Waals surface area contributed by atoms with Gasteiger partial charge in [-0.05, 0) is 31.0 Å². The molecule has 0 amide bonds. The van der Waals surface area contributed by atoms with Gasteiger partial charge >= 0.3 is 0 Å². The molecule has 0 saturated heterocycles. The first kappa shape index (κ1) is 12.2. The Morgan fingerprint density at radius 1 is 1.00 bits per heavy atom. The average molecular weight is 252 g/mol. The molecule has 0 atom stereocenters. The number of hydrogen-bond acceptors (Lipinski definition) is 1. The largest absolute Gasteiger partial charge is 0.351 e. The van der Waals surface area contributed by atoms with Crippen LogP contribution in [0.25, 0.3) is 0 Å². The lowest BCUT2D eigenvalue weighted by molar-refractivity contribution is 0.354. The van der Waals surface area contributed by atoms with E-state index < -0.39 is 0 Å². The number of aromatic nitrogens is 1. The molecule has 0 unspecified atom stereocenters. The average Bonchev–Trinajstić information content (AvgIpc) is 2.96. The van der Waals surface area contributed by atoms with Gasteiger partial charge in [0.05, 0.1) is 5.69 Å². The zero-order chi connectivity index (χ0) is 12.9. The predicted octanol–water partition coefficient (Wildman–Crippen LogP) is 4.74. The Hall–Kier alpha value is -1.83. The minimum Gasteiger partial charge on any atom is -0.351 e. The lowest BCUT2D eigenvalue weighted by Crippen LogP contribution is -2.10. The second-order valence-corrected chi connectivity index (χ2v) is 5.28. The highest BCUT2D eigenvalue weighted by atomic mass is 15.0. The van der Waals surface area contributed by atoms with Crippen LogP contribution >= 0.6 is 0 Å². The molecule has 0 spiro atoms. The van der Waals surface area contributed by atoms with E-state index in [1.54, 1.807) is 0 Å². The van der Waals surface area contributed by atoms with Gasteiger partial charge in [-0.3, -0.25) is 4.99 Å². The minimum absolute atomic E-state index is 0.702. The molecule has 1 aliphatic rings. The van der Waals surface area contributed by atoms with Crippen LogP contribution in [0, 0.1) is 0 Å². The van der Waals surface area contributed by atoms with Gasteiger partial charge in [-0.25, -0.2) is 0 Å². The molecule has 1 aromatic heterocycles. The number of benzene rings is 1. The molecule has 0 N–H and O–H groups in total. The van der Waals surface area contributed by atoms with Crippen LogP contribution in [0.1, 0.15) is 43.7 Å². The summed E-state index contributed by atoms with van der Waals surface area (Å²) in [6, 6.07) is 12.9. The molecule has 98 valence electrons. The number of aliphatic imine (C=N–C) groups is 1. The Morgan fingerprint density at radius 2 is 1.79 bits per heavy atom. The van der Waals surface area contributed by atoms with Gasteiger partial charge in [0.2, 0.25) is 0 Å². The van der Waals surface area contributed by atoms with Crippen molar-refractivity contribution in [2.45, 2.75) is 38.1 Å². The second-order valence-electron chi connectivity index (χ2n) is 5.28. The molecule has 1 heterocycles. The maximum atomic E-state index is 4.50. The van der Waals surface area contributed by atoms with E-state index in [0.717, 1.165) is 5.69 Å². The Morgan fingerprint density at radius 3 is 2.58 bits per heavy atom. The third kappa shape index (κ3) is 3.14. The summed E-state index contributed by atoms with van der Waals surface area (Å²) in [5.41, 5.74) is 2.20. The second kappa shape index (κ2) is 5.87. The summed E-state index contributed by atoms with van der Waals surface area (Å²) in [4.78, 5) is 4.50. The molecular formula is C17H20N2. The van der Waals surface area contributed by atoms with Crippen molar-refractivity contribution >= 4 is 11.9 Å². The van der Waals surface area contributed by atoms with Crippen LogP contribution in [0.2, 0.25) is 0 Å². The van der Waals surface area contributed by atoms with Crippen LogP contribution in [0.5, 0.6) is 0 Å². The molecule has 3 rings (SSSR count). The number of hydrogen-bond donors (Lipinski definition) is 0. The lowest BCUT2D eigenvalue weighted by atomic mass is 9.95. The number of nitrogens with zero attached hydrogens (tertiary/aromatic N) is 2. The van der Waals surface area contributed by atoms with Crippen molar-refractivity contribution in [1.82, 2.24) is 4.57 Å². The fraction of sp³-hybridized carbons (Fsp3) is 0.353. The molecule has 1 aliphatic carbocycles. The SMILES string of the molecule is C(=Nc1ccccc1)c1ccn(C2CCCCC2)c1. The monoisotopic (exact) mass is 252 g/mol. The van der Waals surface area contributed by atoms with Gasteiger partial charge in [0.15, 0.2) is 0 Å². The van der Waals surface area contributed by atoms with Crippen LogP contribution in [0.4, 0.5) is 5.69 Å². The van der Waals surface area contributed by atoms with Gasteiger partial charge in [0.1, 0.15) is 0 Å². The highest BCUT2D eigenvalue weighted by Crippen LogP contribution is 2.28. The topological polar surface area (TPSA) is 17.3 Å². The summed E-state index contributed by atoms with van der Waals surface area (Å²) in [5, 5.41) is 0. The third-order valence-electron chi connectivity index (χ3n) is 3.85. The fourth-order valence-electron chi connectivity index (χ4n) is 2.78. The summed E-state index contributed by atoms with van der Waals surface area (Å²) >= 11 is 0. The standard InChI is InChI=1S/C17H20N2/c1-3-7-16(8-4-1)18-13-15-11-12-19(14-15)17-9-5-2-6-10-17/h1,3-4,7-8,11-14,17H,2,5-6,9-10H2. The van der Waals surface area contributed by atoms with Crippen LogP contribution in [0.15, 0.2) is 53.8 Å². The summed E-state index contributed by atoms with van der Waals surface area (Å²) in [5.74, 6) is 0. The molecule has 2 heteroatoms. The first-order chi connectivity index (χ1) is 9.42. The van der Waals surface area contributed by atoms with Crippen LogP contribution in [-0.4, -0.2) is 10.8 Å². The van der Waals surface area contributed by atoms with Gasteiger partial charge in [0, 0.05) is 30.2 Å². The quantitative estimate of drug-likeness (QED) is 0.702. The van der Waals surface area contributed by atoms with Crippen molar-refractivity contribution in [3.8, 4) is 0 Å². The summed E-state index contributed by atoms with van der Waals surface area (Å²) < 4.78 is 2.37. The Balaban J connectivity index is 1.69. The summed E-state index contributed by atoms with van der Waals surface area (Å²) in [7, 11) is 0. The minimum atomic E-state index is 0.702. The van der Waals surface area contributed by atoms with Crippen molar-refractivity contribution in [2.24, 2.45) is 4.99 Å². The van der Waals surface area contributed by atoms with E-state index in [0.29, 0.717) is 6.04 Å². The first-order valence-corrected chi connectivity index (χ1v) is 7.18. The normalized spacial score (nSPS) is 17.1. The van der Waals surface area contributed by atoms with Crippen molar-refractivity contribution in [1.29, 1.82) is 0 Å². The van der Waals surface area contributed by atoms with E-state index in [1.165, 1.54) is 37.7 Å². The summed E-state index contributed by atoms with van der Waals surface area (Å²) in [6.07, 6.45) is 13.2. The first-order valence-electron chi connectivity index (χ1n) is 7.18. The summed E-state index contributed by atoms with van der Waals surface area (Å²) in [6.45, 7) is 0. The van der Waals surface area contributed by atoms with Crippen LogP contribution in [0.3, 0.4) is 0 Å². The molecule has 0 aliphatic heterocycles. The molecule has 19 heavy (non-hydrogen) atoms. The van der Waals surface area contributed by atoms with E-state index in [4.69, 9.17) is 0 Å². The van der Waals surface area contributed by atoms with Crippen molar-refractivity contribution < 1.29 is 0 Å². The fourth-order valence-corrected chi connectivity index (χ4v) is 2.78. The van der Waals surface area contributed by atoms with Gasteiger partial charge in [0.25, 0.3) is 0 Å². The Labute approximate surface area is 114 Å². The number of para-hydroxylation sites is 1. The number of rotatable bonds is 3. The molecule has 1 fully saturated rings. The molecule has 1 aromatic carbocycles. The zero-order valence-corrected chi connectivity index (χ0v) is 11.2. The van der Waals surface area contributed by atoms with Crippen molar-refractivity contribution in [3.05, 3.63) is 54.4 Å². The lowest BCUT2D eigenvalue weighted by Gasteiger charge is -2.23. The predicted molar refractivity (Wildman–Crippen MR) is 80.3 cm³/mol. The molecule has 2 aromatic rings. The maximum Gasteiger partial charge on any atom is 0.0629 e. The van der Waals surface area contributed by atoms with E-state index >= 15 is 0 Å². The van der Waals surface area contributed by atoms with Crippen molar-refractivity contribution in [2.75, 3.05) is 0 Å². The molecule has 0 bridgehead atoms. The van der Waals surface area contributed by atoms with Crippen LogP contribution in [-0.2, 0) is 0 Å². The molecule has 0 radical (unpaired) electrons. The van der Waals surface area contributed by atoms with Gasteiger partial charge < -0.3 is 4.57 Å². The van der Waals surface area contributed by atoms with Gasteiger partial charge in [-0.1, -0.05) is 37.5 Å². The third-order valence-corrected chi connectivity index (χ3v) is 3.85. The Kier molecular flexibility index (Phi) is 3.78. The van der Waals surface area contributed by atoms with E-state index in [2.05, 4.69) is 28.0 Å². The van der Waals surface area contributed by atoms with E-state index in [-0.39, 0.29) is 0 Å². The zero-order valence-electron chi connectivity index (χ0n) is 11.2. The van der Waals surface area contributed by atoms with Gasteiger partial charge in [-0.2, -0.15) is 0 Å². The highest BCUT2D eigenvalue weighted by molar-refractivity contribution is 5.81. The molecule has 2 nitrogen and oxygen atoms in total. The van der Waals surface area contributed by atoms with E-state index in [9.17, 15) is 0 Å². The molecule has 1 saturated carbocycles. The van der Waals surface area contributed by atoms with Gasteiger partial charge in [-0.15, -0.1) is 0 Å².